The first-order valence-electron chi connectivity index (χ1n) is 4.70. The molecular formula is C10H13BrN2O3. The second-order valence-corrected chi connectivity index (χ2v) is 3.88. The third-order valence-corrected chi connectivity index (χ3v) is 2.56. The molecule has 1 rings (SSSR count). The number of nitrogens with zero attached hydrogens (tertiary/aromatic N) is 1. The van der Waals surface area contributed by atoms with Crippen molar-refractivity contribution in [2.75, 3.05) is 13.2 Å². The first-order valence-corrected chi connectivity index (χ1v) is 5.50. The van der Waals surface area contributed by atoms with E-state index in [1.165, 1.54) is 0 Å². The van der Waals surface area contributed by atoms with Gasteiger partial charge in [0.05, 0.1) is 12.2 Å². The molecule has 0 aromatic heterocycles. The van der Waals surface area contributed by atoms with Gasteiger partial charge in [-0.1, -0.05) is 11.2 Å². The number of oxime groups is 1. The molecule has 0 heterocycles. The number of ether oxygens (including phenoxy) is 1. The molecule has 0 saturated heterocycles. The largest absolute Gasteiger partial charge is 0.493 e. The summed E-state index contributed by atoms with van der Waals surface area (Å²) in [5, 5.41) is 20.2. The average Bonchev–Trinajstić information content (AvgIpc) is 2.29. The van der Waals surface area contributed by atoms with Crippen LogP contribution in [0, 0.1) is 0 Å². The number of aliphatic hydroxyl groups excluding tert-OH is 1. The minimum atomic E-state index is -0.0218. The van der Waals surface area contributed by atoms with Gasteiger partial charge in [0.1, 0.15) is 5.75 Å². The summed E-state index contributed by atoms with van der Waals surface area (Å²) in [5.41, 5.74) is 6.04. The van der Waals surface area contributed by atoms with Crippen LogP contribution in [0.15, 0.2) is 27.8 Å². The van der Waals surface area contributed by atoms with E-state index in [0.717, 1.165) is 0 Å². The highest BCUT2D eigenvalue weighted by atomic mass is 79.9. The molecule has 0 amide bonds. The van der Waals surface area contributed by atoms with Crippen molar-refractivity contribution in [3.05, 3.63) is 28.2 Å². The van der Waals surface area contributed by atoms with Crippen LogP contribution in [0.1, 0.15) is 12.0 Å². The predicted molar refractivity (Wildman–Crippen MR) is 63.9 cm³/mol. The van der Waals surface area contributed by atoms with Crippen LogP contribution in [0.5, 0.6) is 5.75 Å². The van der Waals surface area contributed by atoms with Crippen LogP contribution in [-0.2, 0) is 0 Å². The molecule has 1 aromatic rings. The Morgan fingerprint density at radius 2 is 2.25 bits per heavy atom. The summed E-state index contributed by atoms with van der Waals surface area (Å²) >= 11 is 3.30. The summed E-state index contributed by atoms with van der Waals surface area (Å²) in [7, 11) is 0. The molecule has 1 aromatic carbocycles. The van der Waals surface area contributed by atoms with E-state index in [0.29, 0.717) is 28.8 Å². The summed E-state index contributed by atoms with van der Waals surface area (Å²) in [5.74, 6) is 0.490. The van der Waals surface area contributed by atoms with Crippen molar-refractivity contribution in [3.8, 4) is 5.75 Å². The number of benzene rings is 1. The van der Waals surface area contributed by atoms with Gasteiger partial charge >= 0.3 is 0 Å². The van der Waals surface area contributed by atoms with E-state index >= 15 is 0 Å². The van der Waals surface area contributed by atoms with E-state index in [1.807, 2.05) is 0 Å². The number of nitrogens with two attached hydrogens (primary N) is 1. The van der Waals surface area contributed by atoms with Crippen molar-refractivity contribution < 1.29 is 15.1 Å². The minimum Gasteiger partial charge on any atom is -0.493 e. The second-order valence-electron chi connectivity index (χ2n) is 3.02. The Kier molecular flexibility index (Phi) is 5.07. The van der Waals surface area contributed by atoms with Crippen molar-refractivity contribution >= 4 is 21.8 Å². The average molecular weight is 289 g/mol. The minimum absolute atomic E-state index is 0.0218. The van der Waals surface area contributed by atoms with E-state index in [9.17, 15) is 0 Å². The topological polar surface area (TPSA) is 88.1 Å². The summed E-state index contributed by atoms with van der Waals surface area (Å²) < 4.78 is 6.10. The maximum absolute atomic E-state index is 8.66. The van der Waals surface area contributed by atoms with Gasteiger partial charge in [0.15, 0.2) is 5.84 Å². The van der Waals surface area contributed by atoms with Crippen molar-refractivity contribution in [1.29, 1.82) is 0 Å². The molecule has 0 unspecified atom stereocenters. The van der Waals surface area contributed by atoms with Gasteiger partial charge < -0.3 is 20.8 Å². The molecule has 0 aliphatic heterocycles. The standard InChI is InChI=1S/C10H13BrN2O3/c11-7-3-1-4-8(16-6-2-5-14)9(7)10(12)13-15/h1,3-4,14-15H,2,5-6H2,(H2,12,13). The lowest BCUT2D eigenvalue weighted by Gasteiger charge is -2.11. The fraction of sp³-hybridized carbons (Fsp3) is 0.300. The molecule has 6 heteroatoms. The second kappa shape index (κ2) is 6.34. The van der Waals surface area contributed by atoms with E-state index in [2.05, 4.69) is 21.1 Å². The van der Waals surface area contributed by atoms with Crippen molar-refractivity contribution in [2.45, 2.75) is 6.42 Å². The lowest BCUT2D eigenvalue weighted by atomic mass is 10.2. The molecule has 16 heavy (non-hydrogen) atoms. The molecule has 0 spiro atoms. The number of amidine groups is 1. The zero-order valence-electron chi connectivity index (χ0n) is 8.56. The molecule has 0 saturated carbocycles. The highest BCUT2D eigenvalue weighted by Gasteiger charge is 2.12. The van der Waals surface area contributed by atoms with Gasteiger partial charge in [-0.15, -0.1) is 0 Å². The number of hydrogen-bond donors (Lipinski definition) is 3. The molecule has 4 N–H and O–H groups in total. The fourth-order valence-corrected chi connectivity index (χ4v) is 1.72. The number of rotatable bonds is 5. The van der Waals surface area contributed by atoms with E-state index in [1.54, 1.807) is 18.2 Å². The van der Waals surface area contributed by atoms with Crippen LogP contribution in [0.2, 0.25) is 0 Å². The normalized spacial score (nSPS) is 11.5. The third kappa shape index (κ3) is 3.11. The highest BCUT2D eigenvalue weighted by Crippen LogP contribution is 2.26. The summed E-state index contributed by atoms with van der Waals surface area (Å²) in [6.07, 6.45) is 0.530. The quantitative estimate of drug-likeness (QED) is 0.251. The number of aliphatic hydroxyl groups is 1. The van der Waals surface area contributed by atoms with Crippen molar-refractivity contribution in [3.63, 3.8) is 0 Å². The van der Waals surface area contributed by atoms with E-state index in [4.69, 9.17) is 20.8 Å². The first-order chi connectivity index (χ1) is 7.70. The van der Waals surface area contributed by atoms with Gasteiger partial charge in [0.2, 0.25) is 0 Å². The van der Waals surface area contributed by atoms with Crippen LogP contribution in [0.3, 0.4) is 0 Å². The Labute approximate surface area is 102 Å². The van der Waals surface area contributed by atoms with E-state index in [-0.39, 0.29) is 12.4 Å². The first kappa shape index (κ1) is 12.8. The number of hydrogen-bond acceptors (Lipinski definition) is 4. The van der Waals surface area contributed by atoms with Crippen LogP contribution in [0.25, 0.3) is 0 Å². The van der Waals surface area contributed by atoms with Gasteiger partial charge in [-0.25, -0.2) is 0 Å². The van der Waals surface area contributed by atoms with Crippen LogP contribution >= 0.6 is 15.9 Å². The van der Waals surface area contributed by atoms with Gasteiger partial charge in [-0.3, -0.25) is 0 Å². The molecule has 0 aliphatic carbocycles. The van der Waals surface area contributed by atoms with Crippen molar-refractivity contribution in [1.82, 2.24) is 0 Å². The summed E-state index contributed by atoms with van der Waals surface area (Å²) in [4.78, 5) is 0. The van der Waals surface area contributed by atoms with Crippen molar-refractivity contribution in [2.24, 2.45) is 10.9 Å². The van der Waals surface area contributed by atoms with Gasteiger partial charge in [-0.2, -0.15) is 0 Å². The summed E-state index contributed by atoms with van der Waals surface area (Å²) in [6, 6.07) is 5.27. The Bertz CT molecular complexity index is 382. The SMILES string of the molecule is N/C(=N/O)c1c(Br)cccc1OCCCO. The molecular weight excluding hydrogens is 276 g/mol. The zero-order valence-corrected chi connectivity index (χ0v) is 10.1. The Hall–Kier alpha value is -1.27. The molecule has 0 bridgehead atoms. The molecule has 0 aliphatic rings. The Balaban J connectivity index is 2.94. The maximum atomic E-state index is 8.66. The van der Waals surface area contributed by atoms with E-state index < -0.39 is 0 Å². The molecule has 5 nitrogen and oxygen atoms in total. The fourth-order valence-electron chi connectivity index (χ4n) is 1.17. The molecule has 0 atom stereocenters. The van der Waals surface area contributed by atoms with Gasteiger partial charge in [-0.05, 0) is 28.1 Å². The van der Waals surface area contributed by atoms with Gasteiger partial charge in [0, 0.05) is 17.5 Å². The maximum Gasteiger partial charge on any atom is 0.174 e. The summed E-state index contributed by atoms with van der Waals surface area (Å²) in [6.45, 7) is 0.436. The smallest absolute Gasteiger partial charge is 0.174 e. The molecule has 0 radical (unpaired) electrons. The monoisotopic (exact) mass is 288 g/mol. The highest BCUT2D eigenvalue weighted by molar-refractivity contribution is 9.10. The predicted octanol–water partition coefficient (Wildman–Crippen LogP) is 1.30. The zero-order chi connectivity index (χ0) is 12.0. The van der Waals surface area contributed by atoms with Crippen LogP contribution in [0.4, 0.5) is 0 Å². The Morgan fingerprint density at radius 3 is 2.88 bits per heavy atom. The van der Waals surface area contributed by atoms with Crippen LogP contribution in [-0.4, -0.2) is 29.4 Å². The lowest BCUT2D eigenvalue weighted by molar-refractivity contribution is 0.233. The van der Waals surface area contributed by atoms with Crippen LogP contribution < -0.4 is 10.5 Å². The Morgan fingerprint density at radius 1 is 1.50 bits per heavy atom. The molecule has 88 valence electrons. The van der Waals surface area contributed by atoms with Gasteiger partial charge in [0.25, 0.3) is 0 Å². The number of halogens is 1. The molecule has 0 fully saturated rings. The third-order valence-electron chi connectivity index (χ3n) is 1.90. The lowest BCUT2D eigenvalue weighted by Crippen LogP contribution is -2.16.